The zero-order valence-electron chi connectivity index (χ0n) is 14.6. The number of unbranched alkanes of at least 4 members (excludes halogenated alkanes) is 3. The third kappa shape index (κ3) is 7.66. The molecule has 22 heavy (non-hydrogen) atoms. The normalized spacial score (nSPS) is 19.1. The molecule has 0 aromatic rings. The van der Waals surface area contributed by atoms with Gasteiger partial charge in [-0.3, -0.25) is 9.79 Å². The molecule has 0 aromatic carbocycles. The van der Waals surface area contributed by atoms with Gasteiger partial charge in [-0.25, -0.2) is 0 Å². The van der Waals surface area contributed by atoms with Crippen LogP contribution in [-0.4, -0.2) is 50.1 Å². The van der Waals surface area contributed by atoms with Crippen molar-refractivity contribution in [3.8, 4) is 0 Å². The fraction of sp³-hybridized carbons (Fsp3) is 0.882. The van der Waals surface area contributed by atoms with E-state index >= 15 is 0 Å². The number of nitrogens with one attached hydrogen (secondary N) is 1. The van der Waals surface area contributed by atoms with Crippen molar-refractivity contribution in [1.29, 1.82) is 0 Å². The van der Waals surface area contributed by atoms with Crippen LogP contribution in [0, 0.1) is 5.92 Å². The van der Waals surface area contributed by atoms with Gasteiger partial charge in [-0.2, -0.15) is 0 Å². The summed E-state index contributed by atoms with van der Waals surface area (Å²) in [6.07, 6.45) is 7.32. The molecule has 1 saturated heterocycles. The minimum absolute atomic E-state index is 0.105. The minimum Gasteiger partial charge on any atom is -0.469 e. The molecule has 1 fully saturated rings. The van der Waals surface area contributed by atoms with E-state index in [0.717, 1.165) is 63.7 Å². The highest BCUT2D eigenvalue weighted by molar-refractivity contribution is 5.80. The first-order valence-electron chi connectivity index (χ1n) is 8.77. The van der Waals surface area contributed by atoms with E-state index in [-0.39, 0.29) is 5.97 Å². The molecule has 0 radical (unpaired) electrons. The van der Waals surface area contributed by atoms with Crippen LogP contribution in [0.15, 0.2) is 4.99 Å². The molecule has 0 aliphatic carbocycles. The second-order valence-electron chi connectivity index (χ2n) is 6.17. The molecule has 1 atom stereocenters. The lowest BCUT2D eigenvalue weighted by atomic mass is 10.0. The molecule has 1 aliphatic heterocycles. The van der Waals surface area contributed by atoms with Gasteiger partial charge >= 0.3 is 5.97 Å². The maximum Gasteiger partial charge on any atom is 0.305 e. The Kier molecular flexibility index (Phi) is 9.67. The van der Waals surface area contributed by atoms with Gasteiger partial charge in [0.25, 0.3) is 0 Å². The van der Waals surface area contributed by atoms with E-state index in [1.807, 2.05) is 0 Å². The lowest BCUT2D eigenvalue weighted by Gasteiger charge is -2.33. The fourth-order valence-electron chi connectivity index (χ4n) is 2.83. The van der Waals surface area contributed by atoms with Crippen molar-refractivity contribution in [3.05, 3.63) is 0 Å². The van der Waals surface area contributed by atoms with Gasteiger partial charge in [0.2, 0.25) is 0 Å². The molecular weight excluding hydrogens is 278 g/mol. The summed E-state index contributed by atoms with van der Waals surface area (Å²) in [4.78, 5) is 18.2. The maximum atomic E-state index is 11.0. The molecule has 128 valence electrons. The second-order valence-corrected chi connectivity index (χ2v) is 6.17. The van der Waals surface area contributed by atoms with E-state index in [1.54, 1.807) is 0 Å². The highest BCUT2D eigenvalue weighted by Gasteiger charge is 2.18. The number of nitrogens with zero attached hydrogens (tertiary/aromatic N) is 2. The number of carbonyl (C=O) groups excluding carboxylic acids is 1. The molecule has 0 amide bonds. The Balaban J connectivity index is 2.23. The second kappa shape index (κ2) is 11.3. The number of hydrogen-bond acceptors (Lipinski definition) is 3. The Morgan fingerprint density at radius 1 is 1.32 bits per heavy atom. The Hall–Kier alpha value is -1.26. The number of esters is 1. The van der Waals surface area contributed by atoms with E-state index in [2.05, 4.69) is 28.8 Å². The number of aliphatic imine (C=N–C) groups is 1. The van der Waals surface area contributed by atoms with Crippen LogP contribution >= 0.6 is 0 Å². The molecule has 0 bridgehead atoms. The molecular formula is C17H33N3O2. The van der Waals surface area contributed by atoms with Gasteiger partial charge in [0.1, 0.15) is 0 Å². The number of ether oxygens (including phenoxy) is 1. The summed E-state index contributed by atoms with van der Waals surface area (Å²) in [6, 6.07) is 0. The zero-order chi connectivity index (χ0) is 16.2. The summed E-state index contributed by atoms with van der Waals surface area (Å²) in [6.45, 7) is 8.46. The smallest absolute Gasteiger partial charge is 0.305 e. The van der Waals surface area contributed by atoms with Crippen LogP contribution in [-0.2, 0) is 9.53 Å². The topological polar surface area (TPSA) is 53.9 Å². The largest absolute Gasteiger partial charge is 0.469 e. The number of methoxy groups -OCH3 is 1. The number of likely N-dealkylation sites (tertiary alicyclic amines) is 1. The van der Waals surface area contributed by atoms with Gasteiger partial charge < -0.3 is 15.0 Å². The predicted molar refractivity (Wildman–Crippen MR) is 91.1 cm³/mol. The minimum atomic E-state index is -0.105. The first-order valence-corrected chi connectivity index (χ1v) is 8.77. The zero-order valence-corrected chi connectivity index (χ0v) is 14.6. The van der Waals surface area contributed by atoms with Gasteiger partial charge in [0.15, 0.2) is 5.96 Å². The number of hydrogen-bond donors (Lipinski definition) is 1. The average molecular weight is 311 g/mol. The van der Waals surface area contributed by atoms with E-state index in [9.17, 15) is 4.79 Å². The molecule has 0 spiro atoms. The summed E-state index contributed by atoms with van der Waals surface area (Å²) in [5.74, 6) is 1.73. The van der Waals surface area contributed by atoms with Crippen molar-refractivity contribution in [1.82, 2.24) is 10.2 Å². The van der Waals surface area contributed by atoms with Crippen molar-refractivity contribution < 1.29 is 9.53 Å². The van der Waals surface area contributed by atoms with Crippen LogP contribution in [0.5, 0.6) is 0 Å². The Morgan fingerprint density at radius 3 is 2.77 bits per heavy atom. The van der Waals surface area contributed by atoms with Gasteiger partial charge in [0.05, 0.1) is 7.11 Å². The van der Waals surface area contributed by atoms with Crippen molar-refractivity contribution in [2.75, 3.05) is 33.3 Å². The molecule has 1 rings (SSSR count). The van der Waals surface area contributed by atoms with E-state index < -0.39 is 0 Å². The van der Waals surface area contributed by atoms with Crippen molar-refractivity contribution in [2.24, 2.45) is 10.9 Å². The quantitative estimate of drug-likeness (QED) is 0.324. The lowest BCUT2D eigenvalue weighted by molar-refractivity contribution is -0.140. The van der Waals surface area contributed by atoms with Crippen LogP contribution < -0.4 is 5.32 Å². The molecule has 1 N–H and O–H groups in total. The summed E-state index contributed by atoms with van der Waals surface area (Å²) >= 11 is 0. The Bertz CT molecular complexity index is 345. The molecule has 5 nitrogen and oxygen atoms in total. The van der Waals surface area contributed by atoms with Gasteiger partial charge in [-0.15, -0.1) is 0 Å². The first kappa shape index (κ1) is 18.8. The van der Waals surface area contributed by atoms with Crippen LogP contribution in [0.2, 0.25) is 0 Å². The molecule has 5 heteroatoms. The fourth-order valence-corrected chi connectivity index (χ4v) is 2.83. The van der Waals surface area contributed by atoms with E-state index in [0.29, 0.717) is 6.42 Å². The lowest BCUT2D eigenvalue weighted by Crippen LogP contribution is -2.46. The summed E-state index contributed by atoms with van der Waals surface area (Å²) in [7, 11) is 1.45. The summed E-state index contributed by atoms with van der Waals surface area (Å²) < 4.78 is 4.64. The third-order valence-electron chi connectivity index (χ3n) is 4.07. The predicted octanol–water partition coefficient (Wildman–Crippen LogP) is 2.81. The molecule has 1 unspecified atom stereocenters. The highest BCUT2D eigenvalue weighted by Crippen LogP contribution is 2.15. The molecule has 0 saturated carbocycles. The van der Waals surface area contributed by atoms with Crippen molar-refractivity contribution in [2.45, 2.75) is 58.8 Å². The SMILES string of the molecule is CCNC(=NCCCCCCC(=O)OC)N1CCCC(C)C1. The Labute approximate surface area is 135 Å². The average Bonchev–Trinajstić information content (AvgIpc) is 2.52. The van der Waals surface area contributed by atoms with Crippen LogP contribution in [0.25, 0.3) is 0 Å². The molecule has 1 heterocycles. The summed E-state index contributed by atoms with van der Waals surface area (Å²) in [5, 5.41) is 3.41. The number of guanidine groups is 1. The Morgan fingerprint density at radius 2 is 2.09 bits per heavy atom. The van der Waals surface area contributed by atoms with E-state index in [4.69, 9.17) is 4.99 Å². The van der Waals surface area contributed by atoms with E-state index in [1.165, 1.54) is 20.0 Å². The monoisotopic (exact) mass is 311 g/mol. The number of carbonyl (C=O) groups is 1. The van der Waals surface area contributed by atoms with Crippen molar-refractivity contribution >= 4 is 11.9 Å². The van der Waals surface area contributed by atoms with Gasteiger partial charge in [0, 0.05) is 32.6 Å². The van der Waals surface area contributed by atoms with Crippen LogP contribution in [0.4, 0.5) is 0 Å². The number of rotatable bonds is 8. The van der Waals surface area contributed by atoms with Crippen LogP contribution in [0.3, 0.4) is 0 Å². The summed E-state index contributed by atoms with van der Waals surface area (Å²) in [5.41, 5.74) is 0. The molecule has 1 aliphatic rings. The van der Waals surface area contributed by atoms with Gasteiger partial charge in [-0.05, 0) is 38.5 Å². The molecule has 0 aromatic heterocycles. The van der Waals surface area contributed by atoms with Crippen LogP contribution in [0.1, 0.15) is 58.8 Å². The first-order chi connectivity index (χ1) is 10.7. The third-order valence-corrected chi connectivity index (χ3v) is 4.07. The number of piperidine rings is 1. The maximum absolute atomic E-state index is 11.0. The van der Waals surface area contributed by atoms with Crippen molar-refractivity contribution in [3.63, 3.8) is 0 Å². The standard InChI is InChI=1S/C17H33N3O2/c1-4-18-17(20-13-9-10-15(2)14-20)19-12-8-6-5-7-11-16(21)22-3/h15H,4-14H2,1-3H3,(H,18,19). The highest BCUT2D eigenvalue weighted by atomic mass is 16.5. The van der Waals surface area contributed by atoms with Gasteiger partial charge in [-0.1, -0.05) is 19.8 Å².